The third-order valence-corrected chi connectivity index (χ3v) is 4.51. The average molecular weight is 327 g/mol. The summed E-state index contributed by atoms with van der Waals surface area (Å²) in [6.45, 7) is 10.1. The molecule has 0 saturated carbocycles. The number of rotatable bonds is 3. The second-order valence-corrected chi connectivity index (χ2v) is 6.73. The summed E-state index contributed by atoms with van der Waals surface area (Å²) >= 11 is 0. The van der Waals surface area contributed by atoms with E-state index in [9.17, 15) is 4.79 Å². The van der Waals surface area contributed by atoms with E-state index in [0.29, 0.717) is 13.2 Å². The van der Waals surface area contributed by atoms with Crippen molar-refractivity contribution in [2.75, 3.05) is 13.2 Å². The lowest BCUT2D eigenvalue weighted by atomic mass is 10.1. The summed E-state index contributed by atoms with van der Waals surface area (Å²) in [5.41, 5.74) is 4.03. The van der Waals surface area contributed by atoms with Crippen molar-refractivity contribution in [3.05, 3.63) is 52.8 Å². The number of aromatic nitrogens is 2. The molecule has 1 amide bonds. The molecule has 0 radical (unpaired) electrons. The Hall–Kier alpha value is -2.14. The van der Waals surface area contributed by atoms with E-state index >= 15 is 0 Å². The van der Waals surface area contributed by atoms with Gasteiger partial charge in [0.05, 0.1) is 31.0 Å². The number of ether oxygens (including phenoxy) is 1. The van der Waals surface area contributed by atoms with Gasteiger partial charge in [0.1, 0.15) is 0 Å². The van der Waals surface area contributed by atoms with Crippen molar-refractivity contribution in [3.8, 4) is 0 Å². The Kier molecular flexibility index (Phi) is 4.71. The van der Waals surface area contributed by atoms with E-state index in [1.165, 1.54) is 0 Å². The summed E-state index contributed by atoms with van der Waals surface area (Å²) in [6, 6.07) is 10.0. The third-order valence-electron chi connectivity index (χ3n) is 4.51. The molecule has 5 nitrogen and oxygen atoms in total. The molecule has 1 saturated heterocycles. The first-order valence-corrected chi connectivity index (χ1v) is 8.46. The topological polar surface area (TPSA) is 47.4 Å². The lowest BCUT2D eigenvalue weighted by Crippen LogP contribution is -2.50. The van der Waals surface area contributed by atoms with Gasteiger partial charge in [0.15, 0.2) is 0 Å². The number of carbonyl (C=O) groups is 1. The van der Waals surface area contributed by atoms with Gasteiger partial charge in [-0.25, -0.2) is 0 Å². The monoisotopic (exact) mass is 327 g/mol. The van der Waals surface area contributed by atoms with E-state index in [1.807, 2.05) is 54.6 Å². The number of morpholine rings is 1. The lowest BCUT2D eigenvalue weighted by molar-refractivity contribution is -0.0387. The first-order valence-electron chi connectivity index (χ1n) is 8.46. The van der Waals surface area contributed by atoms with Crippen LogP contribution in [0.5, 0.6) is 0 Å². The fourth-order valence-electron chi connectivity index (χ4n) is 3.11. The predicted molar refractivity (Wildman–Crippen MR) is 93.2 cm³/mol. The Labute approximate surface area is 143 Å². The lowest BCUT2D eigenvalue weighted by Gasteiger charge is -2.36. The minimum atomic E-state index is 0.0790. The summed E-state index contributed by atoms with van der Waals surface area (Å²) in [7, 11) is 0. The van der Waals surface area contributed by atoms with Crippen molar-refractivity contribution in [1.82, 2.24) is 14.7 Å². The summed E-state index contributed by atoms with van der Waals surface area (Å²) in [6.07, 6.45) is 0.0930. The molecule has 2 aromatic rings. The Balaban J connectivity index is 1.72. The van der Waals surface area contributed by atoms with Gasteiger partial charge in [0.2, 0.25) is 0 Å². The highest BCUT2D eigenvalue weighted by Gasteiger charge is 2.28. The van der Waals surface area contributed by atoms with E-state index < -0.39 is 0 Å². The van der Waals surface area contributed by atoms with E-state index in [1.54, 1.807) is 0 Å². The van der Waals surface area contributed by atoms with Crippen molar-refractivity contribution in [2.45, 2.75) is 46.4 Å². The fourth-order valence-corrected chi connectivity index (χ4v) is 3.11. The predicted octanol–water partition coefficient (Wildman–Crippen LogP) is 2.80. The van der Waals surface area contributed by atoms with E-state index in [4.69, 9.17) is 4.74 Å². The molecule has 3 rings (SSSR count). The van der Waals surface area contributed by atoms with Gasteiger partial charge in [-0.1, -0.05) is 12.1 Å². The van der Waals surface area contributed by atoms with Gasteiger partial charge in [0, 0.05) is 17.8 Å². The molecule has 0 spiro atoms. The van der Waals surface area contributed by atoms with Gasteiger partial charge in [-0.15, -0.1) is 0 Å². The molecule has 1 aliphatic heterocycles. The van der Waals surface area contributed by atoms with Crippen LogP contribution in [-0.2, 0) is 11.3 Å². The largest absolute Gasteiger partial charge is 0.375 e. The van der Waals surface area contributed by atoms with E-state index in [-0.39, 0.29) is 18.1 Å². The number of hydrogen-bond donors (Lipinski definition) is 0. The highest BCUT2D eigenvalue weighted by Crippen LogP contribution is 2.16. The molecule has 0 N–H and O–H groups in total. The molecule has 1 aromatic heterocycles. The van der Waals surface area contributed by atoms with Gasteiger partial charge in [0.25, 0.3) is 5.91 Å². The van der Waals surface area contributed by atoms with Crippen molar-refractivity contribution in [2.24, 2.45) is 0 Å². The third kappa shape index (κ3) is 3.51. The molecule has 128 valence electrons. The maximum absolute atomic E-state index is 12.7. The van der Waals surface area contributed by atoms with Crippen LogP contribution >= 0.6 is 0 Å². The van der Waals surface area contributed by atoms with Crippen LogP contribution in [0.15, 0.2) is 30.3 Å². The molecule has 5 heteroatoms. The molecule has 0 unspecified atom stereocenters. The molecular formula is C19H25N3O2. The second kappa shape index (κ2) is 6.77. The van der Waals surface area contributed by atoms with Gasteiger partial charge in [-0.3, -0.25) is 9.48 Å². The minimum absolute atomic E-state index is 0.0790. The SMILES string of the molecule is Cc1cc(C)n(Cc2ccc(C(=O)N3C[C@@H](C)OC[C@H]3C)cc2)n1. The number of aryl methyl sites for hydroxylation is 2. The number of amides is 1. The van der Waals surface area contributed by atoms with Crippen molar-refractivity contribution < 1.29 is 9.53 Å². The maximum Gasteiger partial charge on any atom is 0.254 e. The Morgan fingerprint density at radius 3 is 2.58 bits per heavy atom. The highest BCUT2D eigenvalue weighted by molar-refractivity contribution is 5.94. The van der Waals surface area contributed by atoms with Crippen molar-refractivity contribution in [3.63, 3.8) is 0 Å². The second-order valence-electron chi connectivity index (χ2n) is 6.73. The van der Waals surface area contributed by atoms with Crippen LogP contribution < -0.4 is 0 Å². The first-order chi connectivity index (χ1) is 11.4. The van der Waals surface area contributed by atoms with Crippen LogP contribution in [0.1, 0.15) is 41.2 Å². The Morgan fingerprint density at radius 2 is 1.96 bits per heavy atom. The highest BCUT2D eigenvalue weighted by atomic mass is 16.5. The minimum Gasteiger partial charge on any atom is -0.375 e. The number of nitrogens with zero attached hydrogens (tertiary/aromatic N) is 3. The molecule has 1 aliphatic rings. The quantitative estimate of drug-likeness (QED) is 0.871. The Bertz CT molecular complexity index is 721. The van der Waals surface area contributed by atoms with Crippen LogP contribution in [0, 0.1) is 13.8 Å². The maximum atomic E-state index is 12.7. The van der Waals surface area contributed by atoms with Gasteiger partial charge >= 0.3 is 0 Å². The van der Waals surface area contributed by atoms with Gasteiger partial charge < -0.3 is 9.64 Å². The smallest absolute Gasteiger partial charge is 0.254 e. The van der Waals surface area contributed by atoms with Gasteiger partial charge in [-0.2, -0.15) is 5.10 Å². The molecule has 0 aliphatic carbocycles. The van der Waals surface area contributed by atoms with Crippen LogP contribution in [-0.4, -0.2) is 45.9 Å². The van der Waals surface area contributed by atoms with Crippen molar-refractivity contribution in [1.29, 1.82) is 0 Å². The van der Waals surface area contributed by atoms with E-state index in [0.717, 1.165) is 29.1 Å². The molecule has 0 bridgehead atoms. The Morgan fingerprint density at radius 1 is 1.25 bits per heavy atom. The van der Waals surface area contributed by atoms with Crippen LogP contribution in [0.25, 0.3) is 0 Å². The van der Waals surface area contributed by atoms with Crippen molar-refractivity contribution >= 4 is 5.91 Å². The zero-order chi connectivity index (χ0) is 17.3. The molecule has 2 heterocycles. The summed E-state index contributed by atoms with van der Waals surface area (Å²) < 4.78 is 7.59. The molecule has 1 aromatic carbocycles. The summed E-state index contributed by atoms with van der Waals surface area (Å²) in [5, 5.41) is 4.48. The van der Waals surface area contributed by atoms with Crippen LogP contribution in [0.3, 0.4) is 0 Å². The summed E-state index contributed by atoms with van der Waals surface area (Å²) in [5.74, 6) is 0.0790. The fraction of sp³-hybridized carbons (Fsp3) is 0.474. The molecular weight excluding hydrogens is 302 g/mol. The number of benzene rings is 1. The zero-order valence-electron chi connectivity index (χ0n) is 14.8. The normalized spacial score (nSPS) is 21.1. The van der Waals surface area contributed by atoms with Crippen LogP contribution in [0.4, 0.5) is 0 Å². The number of hydrogen-bond acceptors (Lipinski definition) is 3. The number of carbonyl (C=O) groups excluding carboxylic acids is 1. The van der Waals surface area contributed by atoms with Crippen LogP contribution in [0.2, 0.25) is 0 Å². The van der Waals surface area contributed by atoms with Gasteiger partial charge in [-0.05, 0) is 51.5 Å². The van der Waals surface area contributed by atoms with E-state index in [2.05, 4.69) is 18.1 Å². The first kappa shape index (κ1) is 16.7. The average Bonchev–Trinajstić information content (AvgIpc) is 2.87. The zero-order valence-corrected chi connectivity index (χ0v) is 14.8. The molecule has 2 atom stereocenters. The standard InChI is InChI=1S/C19H25N3O2/c1-13-9-14(2)22(20-13)11-17-5-7-18(8-6-17)19(23)21-10-16(4)24-12-15(21)3/h5-9,15-16H,10-12H2,1-4H3/t15-,16-/m1/s1. The summed E-state index contributed by atoms with van der Waals surface area (Å²) in [4.78, 5) is 14.6. The molecule has 24 heavy (non-hydrogen) atoms. The molecule has 1 fully saturated rings.